The lowest BCUT2D eigenvalue weighted by atomic mass is 9.47. The van der Waals surface area contributed by atoms with Crippen molar-refractivity contribution >= 4 is 0 Å². The molecule has 0 aromatic carbocycles. The van der Waals surface area contributed by atoms with Gasteiger partial charge in [-0.3, -0.25) is 0 Å². The second-order valence-electron chi connectivity index (χ2n) is 13.3. The summed E-state index contributed by atoms with van der Waals surface area (Å²) in [6.07, 6.45) is 17.7. The third-order valence-electron chi connectivity index (χ3n) is 12.2. The van der Waals surface area contributed by atoms with E-state index in [9.17, 15) is 5.11 Å². The van der Waals surface area contributed by atoms with Gasteiger partial charge in [-0.25, -0.2) is 0 Å². The average molecular weight is 441 g/mol. The number of aliphatic hydroxyl groups is 1. The van der Waals surface area contributed by atoms with Crippen LogP contribution < -0.4 is 0 Å². The molecule has 32 heavy (non-hydrogen) atoms. The zero-order chi connectivity index (χ0) is 23.3. The summed E-state index contributed by atoms with van der Waals surface area (Å²) in [4.78, 5) is 0. The molecular formula is C31H52O. The molecule has 4 aliphatic rings. The summed E-state index contributed by atoms with van der Waals surface area (Å²) in [7, 11) is 0. The van der Waals surface area contributed by atoms with Crippen LogP contribution >= 0.6 is 0 Å². The minimum Gasteiger partial charge on any atom is -0.393 e. The van der Waals surface area contributed by atoms with Crippen molar-refractivity contribution in [2.24, 2.45) is 45.8 Å². The van der Waals surface area contributed by atoms with Crippen LogP contribution in [0.1, 0.15) is 119 Å². The van der Waals surface area contributed by atoms with Gasteiger partial charge in [0.2, 0.25) is 0 Å². The van der Waals surface area contributed by atoms with Gasteiger partial charge in [-0.1, -0.05) is 65.3 Å². The number of hydrogen-bond donors (Lipinski definition) is 1. The average Bonchev–Trinajstić information content (AvgIpc) is 3.14. The molecule has 0 saturated heterocycles. The second-order valence-corrected chi connectivity index (χ2v) is 13.3. The van der Waals surface area contributed by atoms with Crippen molar-refractivity contribution in [3.05, 3.63) is 23.8 Å². The number of fused-ring (bicyclic) bond motifs is 5. The van der Waals surface area contributed by atoms with Crippen molar-refractivity contribution in [1.29, 1.82) is 0 Å². The highest BCUT2D eigenvalue weighted by Crippen LogP contribution is 2.67. The summed E-state index contributed by atoms with van der Waals surface area (Å²) in [6, 6.07) is 0. The summed E-state index contributed by atoms with van der Waals surface area (Å²) in [5, 5.41) is 10.3. The Hall–Kier alpha value is -0.560. The molecule has 0 aromatic heterocycles. The summed E-state index contributed by atoms with van der Waals surface area (Å²) < 4.78 is 0. The van der Waals surface area contributed by atoms with E-state index in [-0.39, 0.29) is 6.10 Å². The largest absolute Gasteiger partial charge is 0.393 e. The predicted octanol–water partition coefficient (Wildman–Crippen LogP) is 8.73. The van der Waals surface area contributed by atoms with Gasteiger partial charge in [0.25, 0.3) is 0 Å². The van der Waals surface area contributed by atoms with Crippen LogP contribution in [-0.4, -0.2) is 11.2 Å². The molecule has 8 atom stereocenters. The molecule has 0 spiro atoms. The Bertz CT molecular complexity index is 729. The predicted molar refractivity (Wildman–Crippen MR) is 137 cm³/mol. The Labute approximate surface area is 199 Å². The third-order valence-corrected chi connectivity index (χ3v) is 12.2. The van der Waals surface area contributed by atoms with Gasteiger partial charge in [-0.2, -0.15) is 0 Å². The Morgan fingerprint density at radius 2 is 1.84 bits per heavy atom. The van der Waals surface area contributed by atoms with Gasteiger partial charge in [-0.05, 0) is 123 Å². The third kappa shape index (κ3) is 3.87. The lowest BCUT2D eigenvalue weighted by molar-refractivity contribution is -0.0571. The molecular weight excluding hydrogens is 388 g/mol. The van der Waals surface area contributed by atoms with Crippen LogP contribution in [0.4, 0.5) is 0 Å². The first-order chi connectivity index (χ1) is 15.1. The molecule has 0 heterocycles. The Balaban J connectivity index is 1.45. The first-order valence-corrected chi connectivity index (χ1v) is 14.1. The number of hydrogen-bond acceptors (Lipinski definition) is 1. The Morgan fingerprint density at radius 3 is 2.53 bits per heavy atom. The molecule has 0 amide bonds. The Kier molecular flexibility index (Phi) is 6.83. The van der Waals surface area contributed by atoms with E-state index in [2.05, 4.69) is 54.2 Å². The summed E-state index contributed by atoms with van der Waals surface area (Å²) in [5.41, 5.74) is 4.34. The smallest absolute Gasteiger partial charge is 0.0577 e. The molecule has 0 bridgehead atoms. The van der Waals surface area contributed by atoms with E-state index in [4.69, 9.17) is 0 Å². The van der Waals surface area contributed by atoms with Crippen LogP contribution in [0.15, 0.2) is 23.8 Å². The molecule has 1 nitrogen and oxygen atoms in total. The van der Waals surface area contributed by atoms with Crippen LogP contribution in [0.3, 0.4) is 0 Å². The van der Waals surface area contributed by atoms with E-state index >= 15 is 0 Å². The molecule has 3 fully saturated rings. The highest BCUT2D eigenvalue weighted by atomic mass is 16.3. The molecule has 182 valence electrons. The van der Waals surface area contributed by atoms with Crippen molar-refractivity contribution in [1.82, 2.24) is 0 Å². The van der Waals surface area contributed by atoms with Gasteiger partial charge in [-0.15, -0.1) is 0 Å². The standard InChI is InChI=1S/C31H52O/c1-8-29(5,9-2)22(4)11-10-21(3)26-14-15-27-25-13-12-23-20-24(32)16-18-30(23,6)28(25)17-19-31(26,27)7/h12,21,24-28,32H,4,8-11,13-20H2,1-3,5-7H3. The van der Waals surface area contributed by atoms with E-state index < -0.39 is 0 Å². The summed E-state index contributed by atoms with van der Waals surface area (Å²) in [5.74, 6) is 4.36. The first-order valence-electron chi connectivity index (χ1n) is 14.1. The fourth-order valence-corrected chi connectivity index (χ4v) is 9.27. The minimum absolute atomic E-state index is 0.0894. The molecule has 0 aliphatic heterocycles. The van der Waals surface area contributed by atoms with E-state index in [1.165, 1.54) is 69.8 Å². The topological polar surface area (TPSA) is 20.2 Å². The molecule has 8 unspecified atom stereocenters. The lowest BCUT2D eigenvalue weighted by Crippen LogP contribution is -2.50. The molecule has 4 rings (SSSR count). The van der Waals surface area contributed by atoms with Crippen molar-refractivity contribution in [2.75, 3.05) is 0 Å². The molecule has 0 radical (unpaired) electrons. The maximum Gasteiger partial charge on any atom is 0.0577 e. The van der Waals surface area contributed by atoms with E-state index in [0.29, 0.717) is 16.2 Å². The monoisotopic (exact) mass is 440 g/mol. The van der Waals surface area contributed by atoms with Crippen molar-refractivity contribution in [2.45, 2.75) is 125 Å². The normalized spacial score (nSPS) is 42.5. The number of aliphatic hydroxyl groups excluding tert-OH is 1. The first kappa shape index (κ1) is 24.6. The Morgan fingerprint density at radius 1 is 1.12 bits per heavy atom. The van der Waals surface area contributed by atoms with Crippen LogP contribution in [0, 0.1) is 45.8 Å². The van der Waals surface area contributed by atoms with Crippen LogP contribution in [0.2, 0.25) is 0 Å². The van der Waals surface area contributed by atoms with E-state index in [0.717, 1.165) is 42.4 Å². The van der Waals surface area contributed by atoms with Crippen molar-refractivity contribution in [3.8, 4) is 0 Å². The van der Waals surface area contributed by atoms with Crippen molar-refractivity contribution in [3.63, 3.8) is 0 Å². The molecule has 1 N–H and O–H groups in total. The molecule has 4 aliphatic carbocycles. The van der Waals surface area contributed by atoms with Gasteiger partial charge in [0, 0.05) is 0 Å². The van der Waals surface area contributed by atoms with Crippen molar-refractivity contribution < 1.29 is 5.11 Å². The van der Waals surface area contributed by atoms with Gasteiger partial charge in [0.15, 0.2) is 0 Å². The maximum atomic E-state index is 10.3. The SMILES string of the molecule is C=C(CCC(C)C1CCC2C3CC=C4CC(O)CCC4(C)C3CCC12C)C(C)(CC)CC. The van der Waals surface area contributed by atoms with Crippen LogP contribution in [0.5, 0.6) is 0 Å². The number of rotatable bonds is 7. The highest BCUT2D eigenvalue weighted by Gasteiger charge is 2.59. The van der Waals surface area contributed by atoms with Gasteiger partial charge < -0.3 is 5.11 Å². The molecule has 0 aromatic rings. The summed E-state index contributed by atoms with van der Waals surface area (Å²) in [6.45, 7) is 19.4. The van der Waals surface area contributed by atoms with E-state index in [1.54, 1.807) is 5.57 Å². The second kappa shape index (κ2) is 8.90. The molecule has 1 heteroatoms. The summed E-state index contributed by atoms with van der Waals surface area (Å²) >= 11 is 0. The van der Waals surface area contributed by atoms with Gasteiger partial charge >= 0.3 is 0 Å². The zero-order valence-electron chi connectivity index (χ0n) is 22.2. The number of allylic oxidation sites excluding steroid dienone is 2. The van der Waals surface area contributed by atoms with E-state index in [1.807, 2.05) is 0 Å². The molecule has 3 saturated carbocycles. The van der Waals surface area contributed by atoms with Crippen LogP contribution in [-0.2, 0) is 0 Å². The lowest BCUT2D eigenvalue weighted by Gasteiger charge is -2.58. The maximum absolute atomic E-state index is 10.3. The van der Waals surface area contributed by atoms with Crippen LogP contribution in [0.25, 0.3) is 0 Å². The highest BCUT2D eigenvalue weighted by molar-refractivity contribution is 5.25. The minimum atomic E-state index is -0.0894. The fourth-order valence-electron chi connectivity index (χ4n) is 9.27. The van der Waals surface area contributed by atoms with Gasteiger partial charge in [0.1, 0.15) is 0 Å². The zero-order valence-corrected chi connectivity index (χ0v) is 22.2. The fraction of sp³-hybridized carbons (Fsp3) is 0.871. The van der Waals surface area contributed by atoms with Gasteiger partial charge in [0.05, 0.1) is 6.10 Å². The quantitative estimate of drug-likeness (QED) is 0.392.